The van der Waals surface area contributed by atoms with E-state index in [2.05, 4.69) is 15.5 Å². The first kappa shape index (κ1) is 26.2. The van der Waals surface area contributed by atoms with Crippen molar-refractivity contribution < 1.29 is 32.0 Å². The molecule has 2 aromatic carbocycles. The number of nitrogens with zero attached hydrogens (tertiary/aromatic N) is 2. The van der Waals surface area contributed by atoms with Crippen molar-refractivity contribution in [3.05, 3.63) is 77.4 Å². The van der Waals surface area contributed by atoms with Gasteiger partial charge in [0.2, 0.25) is 5.89 Å². The molecule has 3 aromatic rings. The molecule has 0 radical (unpaired) electrons. The lowest BCUT2D eigenvalue weighted by Gasteiger charge is -2.34. The summed E-state index contributed by atoms with van der Waals surface area (Å²) in [4.78, 5) is 17.6. The quantitative estimate of drug-likeness (QED) is 0.431. The van der Waals surface area contributed by atoms with Gasteiger partial charge in [0, 0.05) is 19.1 Å². The number of nitrogens with one attached hydrogen (secondary N) is 1. The third-order valence-corrected chi connectivity index (χ3v) is 5.52. The van der Waals surface area contributed by atoms with E-state index in [4.69, 9.17) is 14.0 Å². The van der Waals surface area contributed by atoms with Crippen molar-refractivity contribution in [2.45, 2.75) is 44.5 Å². The van der Waals surface area contributed by atoms with Gasteiger partial charge in [-0.1, -0.05) is 61.5 Å². The lowest BCUT2D eigenvalue weighted by atomic mass is 9.90. The average Bonchev–Trinajstić information content (AvgIpc) is 3.28. The molecule has 0 unspecified atom stereocenters. The van der Waals surface area contributed by atoms with Gasteiger partial charge >= 0.3 is 6.18 Å². The van der Waals surface area contributed by atoms with E-state index in [0.717, 1.165) is 12.7 Å². The van der Waals surface area contributed by atoms with Gasteiger partial charge in [-0.05, 0) is 30.0 Å². The zero-order chi connectivity index (χ0) is 25.6. The van der Waals surface area contributed by atoms with Gasteiger partial charge in [-0.25, -0.2) is 0 Å². The molecule has 0 saturated carbocycles. The lowest BCUT2D eigenvalue weighted by Crippen LogP contribution is -2.56. The smallest absolute Gasteiger partial charge is 0.430 e. The van der Waals surface area contributed by atoms with Crippen LogP contribution in [0.1, 0.15) is 49.2 Å². The molecule has 3 rings (SSSR count). The largest absolute Gasteiger partial charge is 0.497 e. The van der Waals surface area contributed by atoms with Gasteiger partial charge in [0.25, 0.3) is 11.5 Å². The molecule has 0 saturated heterocycles. The molecule has 2 atom stereocenters. The van der Waals surface area contributed by atoms with Crippen LogP contribution in [0.4, 0.5) is 13.2 Å². The summed E-state index contributed by atoms with van der Waals surface area (Å²) in [5, 5.41) is 6.41. The van der Waals surface area contributed by atoms with Crippen LogP contribution in [0.2, 0.25) is 0 Å². The zero-order valence-electron chi connectivity index (χ0n) is 19.9. The van der Waals surface area contributed by atoms with Crippen LogP contribution in [0.3, 0.4) is 0 Å². The molecule has 0 aliphatic heterocycles. The number of benzene rings is 2. The number of amides is 1. The minimum Gasteiger partial charge on any atom is -0.497 e. The summed E-state index contributed by atoms with van der Waals surface area (Å²) >= 11 is 0. The molecule has 0 bridgehead atoms. The Morgan fingerprint density at radius 1 is 1.06 bits per heavy atom. The van der Waals surface area contributed by atoms with Crippen LogP contribution in [-0.2, 0) is 21.6 Å². The Bertz CT molecular complexity index is 1100. The van der Waals surface area contributed by atoms with Crippen molar-refractivity contribution in [3.8, 4) is 5.75 Å². The maximum Gasteiger partial charge on any atom is 0.430 e. The number of ether oxygens (including phenoxy) is 2. The van der Waals surface area contributed by atoms with E-state index in [1.165, 1.54) is 24.3 Å². The molecular weight excluding hydrogens is 463 g/mol. The Hall–Kier alpha value is -3.40. The summed E-state index contributed by atoms with van der Waals surface area (Å²) in [6, 6.07) is 13.1. The fourth-order valence-corrected chi connectivity index (χ4v) is 3.78. The first-order valence-electron chi connectivity index (χ1n) is 11.0. The number of alkyl halides is 3. The van der Waals surface area contributed by atoms with Crippen molar-refractivity contribution in [1.82, 2.24) is 15.5 Å². The summed E-state index contributed by atoms with van der Waals surface area (Å²) in [5.74, 6) is -0.288. The predicted molar refractivity (Wildman–Crippen MR) is 122 cm³/mol. The van der Waals surface area contributed by atoms with E-state index in [9.17, 15) is 18.0 Å². The second-order valence-corrected chi connectivity index (χ2v) is 8.48. The number of methoxy groups -OCH3 is 2. The number of carbonyl (C=O) groups excluding carboxylic acids is 1. The fraction of sp³-hybridized carbons (Fsp3) is 0.400. The van der Waals surface area contributed by atoms with E-state index in [0.29, 0.717) is 18.0 Å². The molecule has 7 nitrogen and oxygen atoms in total. The highest BCUT2D eigenvalue weighted by Crippen LogP contribution is 2.42. The van der Waals surface area contributed by atoms with Crippen LogP contribution >= 0.6 is 0 Å². The number of hydrogen-bond acceptors (Lipinski definition) is 6. The molecule has 188 valence electrons. The maximum atomic E-state index is 14.3. The first-order valence-corrected chi connectivity index (χ1v) is 11.0. The fourth-order valence-electron chi connectivity index (χ4n) is 3.78. The van der Waals surface area contributed by atoms with Crippen LogP contribution < -0.4 is 10.1 Å². The van der Waals surface area contributed by atoms with E-state index in [-0.39, 0.29) is 23.8 Å². The van der Waals surface area contributed by atoms with Gasteiger partial charge in [0.1, 0.15) is 11.8 Å². The molecule has 0 spiro atoms. The Kier molecular flexibility index (Phi) is 8.16. The van der Waals surface area contributed by atoms with E-state index >= 15 is 0 Å². The normalized spacial score (nSPS) is 14.4. The van der Waals surface area contributed by atoms with Crippen LogP contribution in [0.25, 0.3) is 0 Å². The monoisotopic (exact) mass is 491 g/mol. The minimum absolute atomic E-state index is 0.0109. The van der Waals surface area contributed by atoms with Gasteiger partial charge in [0.15, 0.2) is 5.82 Å². The molecule has 0 fully saturated rings. The summed E-state index contributed by atoms with van der Waals surface area (Å²) in [5.41, 5.74) is -2.64. The first-order chi connectivity index (χ1) is 16.6. The highest BCUT2D eigenvalue weighted by molar-refractivity contribution is 5.88. The maximum absolute atomic E-state index is 14.3. The molecule has 1 aromatic heterocycles. The Labute approximate surface area is 201 Å². The number of rotatable bonds is 10. The van der Waals surface area contributed by atoms with Gasteiger partial charge in [-0.3, -0.25) is 4.79 Å². The molecule has 35 heavy (non-hydrogen) atoms. The van der Waals surface area contributed by atoms with Gasteiger partial charge in [0.05, 0.1) is 7.11 Å². The molecule has 0 aliphatic carbocycles. The molecule has 1 heterocycles. The summed E-state index contributed by atoms with van der Waals surface area (Å²) in [6.45, 7) is 3.75. The lowest BCUT2D eigenvalue weighted by molar-refractivity contribution is -0.266. The minimum atomic E-state index is -5.02. The number of hydrogen-bond donors (Lipinski definition) is 1. The number of carbonyl (C=O) groups is 1. The highest BCUT2D eigenvalue weighted by atomic mass is 19.4. The van der Waals surface area contributed by atoms with Crippen molar-refractivity contribution in [2.75, 3.05) is 14.2 Å². The standard InChI is InChI=1S/C25H28F3N3O4/c1-16(2)14-20(22-30-21(31-35-22)15-17-10-12-19(33-3)13-11-17)29-23(32)24(34-4,25(26,27)28)18-8-6-5-7-9-18/h5-13,16,20H,14-15H2,1-4H3,(H,29,32)/t20-,24-/m0/s1. The topological polar surface area (TPSA) is 86.5 Å². The number of halogens is 3. The van der Waals surface area contributed by atoms with Gasteiger partial charge < -0.3 is 19.3 Å². The molecular formula is C25H28F3N3O4. The molecule has 10 heteroatoms. The zero-order valence-corrected chi connectivity index (χ0v) is 19.9. The Balaban J connectivity index is 1.88. The summed E-state index contributed by atoms with van der Waals surface area (Å²) in [6.07, 6.45) is -4.41. The van der Waals surface area contributed by atoms with Crippen molar-refractivity contribution in [3.63, 3.8) is 0 Å². The van der Waals surface area contributed by atoms with Gasteiger partial charge in [-0.15, -0.1) is 0 Å². The van der Waals surface area contributed by atoms with Crippen molar-refractivity contribution in [2.24, 2.45) is 5.92 Å². The summed E-state index contributed by atoms with van der Waals surface area (Å²) < 4.78 is 58.2. The third-order valence-electron chi connectivity index (χ3n) is 5.52. The Morgan fingerprint density at radius 3 is 2.26 bits per heavy atom. The van der Waals surface area contributed by atoms with E-state index < -0.39 is 23.7 Å². The molecule has 0 aliphatic rings. The van der Waals surface area contributed by atoms with Crippen LogP contribution in [-0.4, -0.2) is 36.4 Å². The molecule has 1 N–H and O–H groups in total. The van der Waals surface area contributed by atoms with E-state index in [1.807, 2.05) is 26.0 Å². The number of aromatic nitrogens is 2. The Morgan fingerprint density at radius 2 is 1.71 bits per heavy atom. The third kappa shape index (κ3) is 5.82. The predicted octanol–water partition coefficient (Wildman–Crippen LogP) is 4.98. The SMILES string of the molecule is COc1ccc(Cc2noc([C@H](CC(C)C)NC(=O)[C@@](OC)(c3ccccc3)C(F)(F)F)n2)cc1. The van der Waals surface area contributed by atoms with Crippen molar-refractivity contribution >= 4 is 5.91 Å². The average molecular weight is 492 g/mol. The van der Waals surface area contributed by atoms with Crippen LogP contribution in [0, 0.1) is 5.92 Å². The van der Waals surface area contributed by atoms with Gasteiger partial charge in [-0.2, -0.15) is 18.2 Å². The van der Waals surface area contributed by atoms with Crippen molar-refractivity contribution in [1.29, 1.82) is 0 Å². The van der Waals surface area contributed by atoms with Crippen LogP contribution in [0.5, 0.6) is 5.75 Å². The second-order valence-electron chi connectivity index (χ2n) is 8.48. The molecule has 1 amide bonds. The second kappa shape index (κ2) is 10.9. The highest BCUT2D eigenvalue weighted by Gasteiger charge is 2.63. The van der Waals surface area contributed by atoms with E-state index in [1.54, 1.807) is 25.3 Å². The van der Waals surface area contributed by atoms with Crippen LogP contribution in [0.15, 0.2) is 59.1 Å². The summed E-state index contributed by atoms with van der Waals surface area (Å²) in [7, 11) is 2.43.